The van der Waals surface area contributed by atoms with Gasteiger partial charge in [-0.25, -0.2) is 0 Å². The normalized spacial score (nSPS) is 13.7. The summed E-state index contributed by atoms with van der Waals surface area (Å²) in [5, 5.41) is 17.3. The molecule has 0 fully saturated rings. The summed E-state index contributed by atoms with van der Waals surface area (Å²) in [6.07, 6.45) is 1.65. The molecule has 210 valence electrons. The third-order valence-corrected chi connectivity index (χ3v) is 6.47. The highest BCUT2D eigenvalue weighted by Crippen LogP contribution is 2.50. The lowest BCUT2D eigenvalue weighted by Crippen LogP contribution is -2.26. The number of nitrogens with one attached hydrogen (secondary N) is 3. The van der Waals surface area contributed by atoms with Gasteiger partial charge in [-0.15, -0.1) is 0 Å². The average molecular weight is 542 g/mol. The Hall–Kier alpha value is -4.28. The van der Waals surface area contributed by atoms with Crippen molar-refractivity contribution in [2.75, 3.05) is 39.7 Å². The van der Waals surface area contributed by atoms with Crippen LogP contribution in [-0.2, 0) is 20.8 Å². The summed E-state index contributed by atoms with van der Waals surface area (Å²) in [4.78, 5) is 47.8. The van der Waals surface area contributed by atoms with Gasteiger partial charge in [0, 0.05) is 32.0 Å². The van der Waals surface area contributed by atoms with Gasteiger partial charge in [0.25, 0.3) is 0 Å². The van der Waals surface area contributed by atoms with Crippen LogP contribution in [0, 0.1) is 0 Å². The van der Waals surface area contributed by atoms with E-state index in [0.29, 0.717) is 54.3 Å². The monoisotopic (exact) mass is 541 g/mol. The molecule has 0 aliphatic heterocycles. The lowest BCUT2D eigenvalue weighted by Gasteiger charge is -2.19. The quantitative estimate of drug-likeness (QED) is 0.297. The SMILES string of the molecule is COc1cc2c(c(OC)c1OC)-c1ccc(NCCCC(=O)NCCC(=O)O)c(=O)cc1[C@@H](NC(C)=O)CC2. The highest BCUT2D eigenvalue weighted by molar-refractivity contribution is 5.84. The minimum Gasteiger partial charge on any atom is -0.493 e. The van der Waals surface area contributed by atoms with Gasteiger partial charge in [-0.1, -0.05) is 6.07 Å². The van der Waals surface area contributed by atoms with Crippen LogP contribution in [0.25, 0.3) is 11.1 Å². The first kappa shape index (κ1) is 29.3. The molecule has 0 aromatic heterocycles. The number of aryl methyl sites for hydroxylation is 1. The van der Waals surface area contributed by atoms with Crippen LogP contribution in [0.15, 0.2) is 29.1 Å². The Labute approximate surface area is 226 Å². The number of carbonyl (C=O) groups is 3. The van der Waals surface area contributed by atoms with Crippen molar-refractivity contribution in [1.29, 1.82) is 0 Å². The van der Waals surface area contributed by atoms with E-state index in [0.717, 1.165) is 16.7 Å². The molecule has 11 nitrogen and oxygen atoms in total. The van der Waals surface area contributed by atoms with Gasteiger partial charge in [0.05, 0.1) is 39.5 Å². The first-order valence-electron chi connectivity index (χ1n) is 12.7. The number of ether oxygens (including phenoxy) is 3. The topological polar surface area (TPSA) is 152 Å². The van der Waals surface area contributed by atoms with Crippen LogP contribution in [0.5, 0.6) is 17.2 Å². The first-order valence-corrected chi connectivity index (χ1v) is 12.7. The summed E-state index contributed by atoms with van der Waals surface area (Å²) >= 11 is 0. The second-order valence-electron chi connectivity index (χ2n) is 9.12. The number of methoxy groups -OCH3 is 3. The molecule has 1 aliphatic carbocycles. The molecule has 0 heterocycles. The summed E-state index contributed by atoms with van der Waals surface area (Å²) in [6, 6.07) is 6.52. The third-order valence-electron chi connectivity index (χ3n) is 6.47. The molecule has 0 unspecified atom stereocenters. The van der Waals surface area contributed by atoms with E-state index in [4.69, 9.17) is 19.3 Å². The number of aliphatic carboxylic acids is 1. The maximum atomic E-state index is 13.3. The van der Waals surface area contributed by atoms with Crippen LogP contribution in [0.2, 0.25) is 0 Å². The Morgan fingerprint density at radius 3 is 2.38 bits per heavy atom. The van der Waals surface area contributed by atoms with Crippen molar-refractivity contribution < 1.29 is 33.7 Å². The average Bonchev–Trinajstić information content (AvgIpc) is 3.13. The van der Waals surface area contributed by atoms with Gasteiger partial charge in [0.1, 0.15) is 0 Å². The predicted octanol–water partition coefficient (Wildman–Crippen LogP) is 2.65. The van der Waals surface area contributed by atoms with Crippen molar-refractivity contribution in [1.82, 2.24) is 10.6 Å². The number of carboxylic acid groups (broad SMARTS) is 1. The van der Waals surface area contributed by atoms with Crippen LogP contribution in [0.4, 0.5) is 5.69 Å². The highest BCUT2D eigenvalue weighted by atomic mass is 16.5. The van der Waals surface area contributed by atoms with E-state index in [1.165, 1.54) is 20.1 Å². The lowest BCUT2D eigenvalue weighted by molar-refractivity contribution is -0.137. The standard InChI is InChI=1S/C28H35N3O8/c1-16(32)31-20-9-7-17-14-23(37-2)27(38-3)28(39-4)26(17)18-8-10-21(22(33)15-19(18)20)29-12-5-6-24(34)30-13-11-25(35)36/h8,10,14-15,20H,5-7,9,11-13H2,1-4H3,(H,29,33)(H,30,34)(H,31,32)(H,35,36)/t20-/m0/s1. The summed E-state index contributed by atoms with van der Waals surface area (Å²) in [5.41, 5.74) is 3.16. The summed E-state index contributed by atoms with van der Waals surface area (Å²) in [7, 11) is 4.62. The Morgan fingerprint density at radius 2 is 1.74 bits per heavy atom. The molecular formula is C28H35N3O8. The van der Waals surface area contributed by atoms with E-state index in [1.54, 1.807) is 20.3 Å². The molecule has 3 rings (SSSR count). The van der Waals surface area contributed by atoms with Crippen molar-refractivity contribution in [3.05, 3.63) is 45.6 Å². The summed E-state index contributed by atoms with van der Waals surface area (Å²) in [6.45, 7) is 1.87. The van der Waals surface area contributed by atoms with Gasteiger partial charge < -0.3 is 35.3 Å². The Balaban J connectivity index is 1.96. The number of fused-ring (bicyclic) bond motifs is 3. The van der Waals surface area contributed by atoms with Crippen LogP contribution < -0.4 is 35.6 Å². The number of carboxylic acids is 1. The minimum absolute atomic E-state index is 0.0729. The van der Waals surface area contributed by atoms with E-state index in [-0.39, 0.29) is 36.6 Å². The zero-order chi connectivity index (χ0) is 28.5. The molecular weight excluding hydrogens is 506 g/mol. The van der Waals surface area contributed by atoms with E-state index in [1.807, 2.05) is 12.1 Å². The Bertz CT molecular complexity index is 1290. The number of amides is 2. The van der Waals surface area contributed by atoms with E-state index >= 15 is 0 Å². The number of hydrogen-bond acceptors (Lipinski definition) is 8. The fourth-order valence-electron chi connectivity index (χ4n) is 4.72. The molecule has 0 spiro atoms. The maximum absolute atomic E-state index is 13.3. The Kier molecular flexibility index (Phi) is 10.1. The Morgan fingerprint density at radius 1 is 1.00 bits per heavy atom. The van der Waals surface area contributed by atoms with Crippen molar-refractivity contribution in [3.8, 4) is 28.4 Å². The minimum atomic E-state index is -0.978. The van der Waals surface area contributed by atoms with Crippen LogP contribution in [-0.4, -0.2) is 57.3 Å². The number of carbonyl (C=O) groups excluding carboxylic acids is 2. The number of hydrogen-bond donors (Lipinski definition) is 4. The number of benzene rings is 1. The van der Waals surface area contributed by atoms with Crippen LogP contribution >= 0.6 is 0 Å². The predicted molar refractivity (Wildman–Crippen MR) is 146 cm³/mol. The van der Waals surface area contributed by atoms with Crippen LogP contribution in [0.1, 0.15) is 49.8 Å². The van der Waals surface area contributed by atoms with Crippen molar-refractivity contribution in [2.45, 2.75) is 45.1 Å². The van der Waals surface area contributed by atoms with Crippen LogP contribution in [0.3, 0.4) is 0 Å². The summed E-state index contributed by atoms with van der Waals surface area (Å²) in [5.74, 6) is -0.0225. The molecule has 11 heteroatoms. The lowest BCUT2D eigenvalue weighted by atomic mass is 9.95. The van der Waals surface area contributed by atoms with E-state index in [9.17, 15) is 19.2 Å². The highest BCUT2D eigenvalue weighted by Gasteiger charge is 2.29. The largest absolute Gasteiger partial charge is 0.493 e. The van der Waals surface area contributed by atoms with Gasteiger partial charge in [0.15, 0.2) is 11.5 Å². The van der Waals surface area contributed by atoms with Crippen molar-refractivity contribution >= 4 is 23.5 Å². The van der Waals surface area contributed by atoms with Crippen molar-refractivity contribution in [3.63, 3.8) is 0 Å². The summed E-state index contributed by atoms with van der Waals surface area (Å²) < 4.78 is 16.9. The van der Waals surface area contributed by atoms with E-state index < -0.39 is 12.0 Å². The third kappa shape index (κ3) is 7.18. The maximum Gasteiger partial charge on any atom is 0.305 e. The van der Waals surface area contributed by atoms with Gasteiger partial charge >= 0.3 is 5.97 Å². The smallest absolute Gasteiger partial charge is 0.305 e. The fraction of sp³-hybridized carbons (Fsp3) is 0.429. The van der Waals surface area contributed by atoms with E-state index in [2.05, 4.69) is 16.0 Å². The molecule has 2 aromatic carbocycles. The molecule has 39 heavy (non-hydrogen) atoms. The second-order valence-corrected chi connectivity index (χ2v) is 9.12. The molecule has 0 saturated heterocycles. The molecule has 0 radical (unpaired) electrons. The van der Waals surface area contributed by atoms with Crippen molar-refractivity contribution in [2.24, 2.45) is 0 Å². The number of anilines is 1. The first-order chi connectivity index (χ1) is 18.7. The molecule has 1 aliphatic rings. The fourth-order valence-corrected chi connectivity index (χ4v) is 4.72. The zero-order valence-corrected chi connectivity index (χ0v) is 22.6. The molecule has 2 amide bonds. The molecule has 4 N–H and O–H groups in total. The van der Waals surface area contributed by atoms with Gasteiger partial charge in [0.2, 0.25) is 23.0 Å². The van der Waals surface area contributed by atoms with Gasteiger partial charge in [-0.05, 0) is 54.2 Å². The molecule has 0 bridgehead atoms. The van der Waals surface area contributed by atoms with Gasteiger partial charge in [-0.2, -0.15) is 0 Å². The second kappa shape index (κ2) is 13.5. The zero-order valence-electron chi connectivity index (χ0n) is 22.6. The molecule has 2 aromatic rings. The van der Waals surface area contributed by atoms with Gasteiger partial charge in [-0.3, -0.25) is 19.2 Å². The molecule has 1 atom stereocenters. The number of rotatable bonds is 12. The molecule has 0 saturated carbocycles.